The smallest absolute Gasteiger partial charge is 0.0959 e. The molecule has 0 aromatic heterocycles. The van der Waals surface area contributed by atoms with Crippen LogP contribution in [0.4, 0.5) is 0 Å². The molecule has 0 aromatic rings. The van der Waals surface area contributed by atoms with Crippen molar-refractivity contribution in [3.8, 4) is 0 Å². The maximum atomic E-state index is 5.86. The van der Waals surface area contributed by atoms with E-state index in [0.29, 0.717) is 6.61 Å². The zero-order valence-electron chi connectivity index (χ0n) is 7.79. The molecule has 2 unspecified atom stereocenters. The molecule has 1 fully saturated rings. The van der Waals surface area contributed by atoms with Gasteiger partial charge in [0.2, 0.25) is 0 Å². The second-order valence-corrected chi connectivity index (χ2v) is 3.29. The normalized spacial score (nSPS) is 30.5. The number of nitrogens with two attached hydrogens (primary N) is 1. The van der Waals surface area contributed by atoms with Crippen molar-refractivity contribution in [2.75, 3.05) is 19.8 Å². The highest BCUT2D eigenvalue weighted by Crippen LogP contribution is 2.09. The van der Waals surface area contributed by atoms with E-state index in [-0.39, 0.29) is 12.1 Å². The molecule has 72 valence electrons. The van der Waals surface area contributed by atoms with Gasteiger partial charge in [0, 0.05) is 19.3 Å². The Bertz CT molecular complexity index is 119. The summed E-state index contributed by atoms with van der Waals surface area (Å²) < 4.78 is 10.9. The molecule has 1 rings (SSSR count). The van der Waals surface area contributed by atoms with E-state index >= 15 is 0 Å². The predicted octanol–water partition coefficient (Wildman–Crippen LogP) is 0.919. The molecule has 1 saturated heterocycles. The molecule has 0 aromatic carbocycles. The molecule has 0 amide bonds. The lowest BCUT2D eigenvalue weighted by Crippen LogP contribution is -2.44. The third-order valence-corrected chi connectivity index (χ3v) is 2.18. The molecule has 3 heteroatoms. The van der Waals surface area contributed by atoms with Gasteiger partial charge in [-0.1, -0.05) is 13.3 Å². The number of ether oxygens (including phenoxy) is 2. The van der Waals surface area contributed by atoms with Crippen molar-refractivity contribution in [3.05, 3.63) is 0 Å². The van der Waals surface area contributed by atoms with Crippen LogP contribution in [-0.2, 0) is 9.47 Å². The van der Waals surface area contributed by atoms with E-state index in [2.05, 4.69) is 6.92 Å². The fourth-order valence-electron chi connectivity index (χ4n) is 1.28. The predicted molar refractivity (Wildman–Crippen MR) is 48.1 cm³/mol. The molecule has 1 aliphatic heterocycles. The van der Waals surface area contributed by atoms with Crippen LogP contribution in [0.2, 0.25) is 0 Å². The highest BCUT2D eigenvalue weighted by molar-refractivity contribution is 4.76. The number of rotatable bonds is 4. The molecule has 3 nitrogen and oxygen atoms in total. The van der Waals surface area contributed by atoms with Crippen LogP contribution in [0.3, 0.4) is 0 Å². The quantitative estimate of drug-likeness (QED) is 0.643. The Hall–Kier alpha value is -0.120. The van der Waals surface area contributed by atoms with E-state index in [1.165, 1.54) is 6.42 Å². The first-order chi connectivity index (χ1) is 5.84. The van der Waals surface area contributed by atoms with Crippen molar-refractivity contribution < 1.29 is 9.47 Å². The lowest BCUT2D eigenvalue weighted by Gasteiger charge is -2.28. The summed E-state index contributed by atoms with van der Waals surface area (Å²) in [6.07, 6.45) is 3.34. The largest absolute Gasteiger partial charge is 0.379 e. The lowest BCUT2D eigenvalue weighted by atomic mass is 10.1. The standard InChI is InChI=1S/C9H19NO2/c1-2-3-5-12-9-7-11-6-4-8(9)10/h8-9H,2-7,10H2,1H3. The van der Waals surface area contributed by atoms with Crippen LogP contribution in [0.15, 0.2) is 0 Å². The molecule has 1 aliphatic rings. The summed E-state index contributed by atoms with van der Waals surface area (Å²) in [6.45, 7) is 4.43. The molecule has 0 bridgehead atoms. The van der Waals surface area contributed by atoms with Crippen LogP contribution >= 0.6 is 0 Å². The minimum absolute atomic E-state index is 0.130. The Morgan fingerprint density at radius 2 is 2.42 bits per heavy atom. The second-order valence-electron chi connectivity index (χ2n) is 3.29. The molecule has 1 heterocycles. The maximum absolute atomic E-state index is 5.86. The minimum Gasteiger partial charge on any atom is -0.379 e. The van der Waals surface area contributed by atoms with E-state index in [4.69, 9.17) is 15.2 Å². The third-order valence-electron chi connectivity index (χ3n) is 2.18. The topological polar surface area (TPSA) is 44.5 Å². The maximum Gasteiger partial charge on any atom is 0.0959 e. The first-order valence-corrected chi connectivity index (χ1v) is 4.79. The van der Waals surface area contributed by atoms with Crippen molar-refractivity contribution in [2.45, 2.75) is 38.3 Å². The van der Waals surface area contributed by atoms with E-state index in [9.17, 15) is 0 Å². The van der Waals surface area contributed by atoms with E-state index in [1.54, 1.807) is 0 Å². The third kappa shape index (κ3) is 3.09. The fraction of sp³-hybridized carbons (Fsp3) is 1.00. The molecule has 0 radical (unpaired) electrons. The Morgan fingerprint density at radius 1 is 1.58 bits per heavy atom. The first kappa shape index (κ1) is 9.96. The molecule has 0 spiro atoms. The first-order valence-electron chi connectivity index (χ1n) is 4.79. The van der Waals surface area contributed by atoms with Crippen LogP contribution < -0.4 is 5.73 Å². The molecular weight excluding hydrogens is 154 g/mol. The van der Waals surface area contributed by atoms with Gasteiger partial charge in [-0.15, -0.1) is 0 Å². The van der Waals surface area contributed by atoms with Crippen LogP contribution in [-0.4, -0.2) is 32.0 Å². The Labute approximate surface area is 74.2 Å². The average Bonchev–Trinajstić information content (AvgIpc) is 2.09. The number of hydrogen-bond acceptors (Lipinski definition) is 3. The van der Waals surface area contributed by atoms with Gasteiger partial charge in [0.1, 0.15) is 0 Å². The molecule has 0 aliphatic carbocycles. The fourth-order valence-corrected chi connectivity index (χ4v) is 1.28. The van der Waals surface area contributed by atoms with Gasteiger partial charge in [0.05, 0.1) is 12.7 Å². The highest BCUT2D eigenvalue weighted by atomic mass is 16.5. The van der Waals surface area contributed by atoms with Gasteiger partial charge in [-0.05, 0) is 12.8 Å². The van der Waals surface area contributed by atoms with Gasteiger partial charge in [0.25, 0.3) is 0 Å². The summed E-state index contributed by atoms with van der Waals surface area (Å²) in [7, 11) is 0. The summed E-state index contributed by atoms with van der Waals surface area (Å²) in [5.74, 6) is 0. The van der Waals surface area contributed by atoms with Crippen LogP contribution in [0, 0.1) is 0 Å². The van der Waals surface area contributed by atoms with Gasteiger partial charge in [-0.25, -0.2) is 0 Å². The molecule has 2 N–H and O–H groups in total. The monoisotopic (exact) mass is 173 g/mol. The summed E-state index contributed by atoms with van der Waals surface area (Å²) in [6, 6.07) is 0.176. The van der Waals surface area contributed by atoms with Crippen molar-refractivity contribution in [1.82, 2.24) is 0 Å². The SMILES string of the molecule is CCCCOC1COCCC1N. The number of unbranched alkanes of at least 4 members (excludes halogenated alkanes) is 1. The average molecular weight is 173 g/mol. The van der Waals surface area contributed by atoms with Crippen molar-refractivity contribution in [3.63, 3.8) is 0 Å². The lowest BCUT2D eigenvalue weighted by molar-refractivity contribution is -0.0615. The summed E-state index contributed by atoms with van der Waals surface area (Å²) in [5.41, 5.74) is 5.86. The highest BCUT2D eigenvalue weighted by Gasteiger charge is 2.22. The Balaban J connectivity index is 2.11. The minimum atomic E-state index is 0.130. The van der Waals surface area contributed by atoms with E-state index < -0.39 is 0 Å². The summed E-state index contributed by atoms with van der Waals surface area (Å²) in [4.78, 5) is 0. The van der Waals surface area contributed by atoms with Gasteiger partial charge >= 0.3 is 0 Å². The van der Waals surface area contributed by atoms with Gasteiger partial charge in [0.15, 0.2) is 0 Å². The summed E-state index contributed by atoms with van der Waals surface area (Å²) in [5, 5.41) is 0. The van der Waals surface area contributed by atoms with Gasteiger partial charge in [-0.2, -0.15) is 0 Å². The second kappa shape index (κ2) is 5.51. The zero-order chi connectivity index (χ0) is 8.81. The number of hydrogen-bond donors (Lipinski definition) is 1. The molecular formula is C9H19NO2. The van der Waals surface area contributed by atoms with Crippen LogP contribution in [0.1, 0.15) is 26.2 Å². The molecule has 0 saturated carbocycles. The van der Waals surface area contributed by atoms with Crippen molar-refractivity contribution in [2.24, 2.45) is 5.73 Å². The zero-order valence-corrected chi connectivity index (χ0v) is 7.79. The Morgan fingerprint density at radius 3 is 3.08 bits per heavy atom. The van der Waals surface area contributed by atoms with Crippen molar-refractivity contribution in [1.29, 1.82) is 0 Å². The van der Waals surface area contributed by atoms with Gasteiger partial charge in [-0.3, -0.25) is 0 Å². The van der Waals surface area contributed by atoms with Gasteiger partial charge < -0.3 is 15.2 Å². The Kier molecular flexibility index (Phi) is 4.58. The molecule has 12 heavy (non-hydrogen) atoms. The summed E-state index contributed by atoms with van der Waals surface area (Å²) >= 11 is 0. The van der Waals surface area contributed by atoms with Crippen molar-refractivity contribution >= 4 is 0 Å². The van der Waals surface area contributed by atoms with E-state index in [1.807, 2.05) is 0 Å². The van der Waals surface area contributed by atoms with Crippen LogP contribution in [0.5, 0.6) is 0 Å². The molecule has 2 atom stereocenters. The van der Waals surface area contributed by atoms with Crippen LogP contribution in [0.25, 0.3) is 0 Å². The van der Waals surface area contributed by atoms with E-state index in [0.717, 1.165) is 26.1 Å².